The molecule has 1 N–H and O–H groups in total. The highest BCUT2D eigenvalue weighted by Gasteiger charge is 2.01. The normalized spacial score (nSPS) is 10.4. The Balaban J connectivity index is 2.04. The van der Waals surface area contributed by atoms with E-state index in [0.717, 1.165) is 21.7 Å². The molecule has 2 aromatic carbocycles. The van der Waals surface area contributed by atoms with Crippen molar-refractivity contribution in [3.05, 3.63) is 57.5 Å². The smallest absolute Gasteiger partial charge is 0.0638 e. The molecule has 0 saturated heterocycles. The maximum atomic E-state index is 6.12. The summed E-state index contributed by atoms with van der Waals surface area (Å²) in [5.74, 6) is 0. The molecule has 0 aliphatic heterocycles. The van der Waals surface area contributed by atoms with Gasteiger partial charge in [-0.25, -0.2) is 0 Å². The van der Waals surface area contributed by atoms with Gasteiger partial charge in [-0.15, -0.1) is 11.8 Å². The van der Waals surface area contributed by atoms with E-state index in [1.54, 1.807) is 11.8 Å². The van der Waals surface area contributed by atoms with Gasteiger partial charge in [0.1, 0.15) is 0 Å². The summed E-state index contributed by atoms with van der Waals surface area (Å²) >= 11 is 11.3. The lowest BCUT2D eigenvalue weighted by Crippen LogP contribution is -1.99. The van der Waals surface area contributed by atoms with E-state index in [4.69, 9.17) is 11.6 Å². The third kappa shape index (κ3) is 3.67. The van der Waals surface area contributed by atoms with Crippen molar-refractivity contribution >= 4 is 45.0 Å². The standard InChI is InChI=1S/C14H13BrClNS/c1-18-12-5-2-10(3-6-12)9-17-14-8-11(15)4-7-13(14)16/h2-8,17H,9H2,1H3. The summed E-state index contributed by atoms with van der Waals surface area (Å²) in [6.45, 7) is 0.769. The minimum Gasteiger partial charge on any atom is -0.380 e. The van der Waals surface area contributed by atoms with Crippen molar-refractivity contribution in [2.45, 2.75) is 11.4 Å². The maximum absolute atomic E-state index is 6.12. The van der Waals surface area contributed by atoms with Crippen LogP contribution in [0.4, 0.5) is 5.69 Å². The van der Waals surface area contributed by atoms with Crippen LogP contribution in [0.5, 0.6) is 0 Å². The second-order valence-corrected chi connectivity index (χ2v) is 6.03. The topological polar surface area (TPSA) is 12.0 Å². The summed E-state index contributed by atoms with van der Waals surface area (Å²) in [5.41, 5.74) is 2.18. The second kappa shape index (κ2) is 6.50. The summed E-state index contributed by atoms with van der Waals surface area (Å²) in [6.07, 6.45) is 2.08. The molecule has 0 radical (unpaired) electrons. The largest absolute Gasteiger partial charge is 0.380 e. The summed E-state index contributed by atoms with van der Waals surface area (Å²) in [6, 6.07) is 14.3. The van der Waals surface area contributed by atoms with Gasteiger partial charge in [0, 0.05) is 15.9 Å². The molecule has 4 heteroatoms. The number of anilines is 1. The van der Waals surface area contributed by atoms with Gasteiger partial charge in [0.05, 0.1) is 10.7 Å². The molecular formula is C14H13BrClNS. The first kappa shape index (κ1) is 13.8. The first-order chi connectivity index (χ1) is 8.69. The second-order valence-electron chi connectivity index (χ2n) is 3.83. The molecule has 0 fully saturated rings. The fourth-order valence-electron chi connectivity index (χ4n) is 1.57. The van der Waals surface area contributed by atoms with E-state index in [2.05, 4.69) is 51.8 Å². The Labute approximate surface area is 125 Å². The molecule has 0 bridgehead atoms. The van der Waals surface area contributed by atoms with Crippen molar-refractivity contribution in [1.29, 1.82) is 0 Å². The number of rotatable bonds is 4. The van der Waals surface area contributed by atoms with E-state index in [1.807, 2.05) is 18.2 Å². The Morgan fingerprint density at radius 1 is 1.17 bits per heavy atom. The van der Waals surface area contributed by atoms with Crippen molar-refractivity contribution in [2.24, 2.45) is 0 Å². The van der Waals surface area contributed by atoms with Crippen LogP contribution in [-0.4, -0.2) is 6.26 Å². The quantitative estimate of drug-likeness (QED) is 0.743. The Hall–Kier alpha value is -0.640. The molecule has 0 spiro atoms. The average Bonchev–Trinajstić information content (AvgIpc) is 2.40. The monoisotopic (exact) mass is 341 g/mol. The minimum absolute atomic E-state index is 0.735. The van der Waals surface area contributed by atoms with Crippen molar-refractivity contribution in [2.75, 3.05) is 11.6 Å². The molecule has 0 saturated carbocycles. The predicted octanol–water partition coefficient (Wildman–Crippen LogP) is 5.44. The first-order valence-electron chi connectivity index (χ1n) is 5.51. The van der Waals surface area contributed by atoms with E-state index in [9.17, 15) is 0 Å². The lowest BCUT2D eigenvalue weighted by Gasteiger charge is -2.09. The van der Waals surface area contributed by atoms with Crippen LogP contribution in [0.3, 0.4) is 0 Å². The zero-order valence-electron chi connectivity index (χ0n) is 9.91. The highest BCUT2D eigenvalue weighted by Crippen LogP contribution is 2.26. The summed E-state index contributed by atoms with van der Waals surface area (Å²) < 4.78 is 1.02. The summed E-state index contributed by atoms with van der Waals surface area (Å²) in [4.78, 5) is 1.28. The van der Waals surface area contributed by atoms with Crippen molar-refractivity contribution in [3.63, 3.8) is 0 Å². The van der Waals surface area contributed by atoms with Crippen LogP contribution in [0, 0.1) is 0 Å². The number of benzene rings is 2. The van der Waals surface area contributed by atoms with Gasteiger partial charge >= 0.3 is 0 Å². The molecule has 0 aliphatic carbocycles. The molecular weight excluding hydrogens is 330 g/mol. The van der Waals surface area contributed by atoms with Gasteiger partial charge in [-0.05, 0) is 42.2 Å². The van der Waals surface area contributed by atoms with Crippen LogP contribution in [0.2, 0.25) is 5.02 Å². The van der Waals surface area contributed by atoms with Crippen LogP contribution >= 0.6 is 39.3 Å². The highest BCUT2D eigenvalue weighted by molar-refractivity contribution is 9.10. The van der Waals surface area contributed by atoms with Crippen LogP contribution in [0.15, 0.2) is 51.8 Å². The third-order valence-electron chi connectivity index (χ3n) is 2.57. The molecule has 18 heavy (non-hydrogen) atoms. The average molecular weight is 343 g/mol. The van der Waals surface area contributed by atoms with Crippen LogP contribution < -0.4 is 5.32 Å². The summed E-state index contributed by atoms with van der Waals surface area (Å²) in [7, 11) is 0. The fraction of sp³-hybridized carbons (Fsp3) is 0.143. The van der Waals surface area contributed by atoms with E-state index >= 15 is 0 Å². The SMILES string of the molecule is CSc1ccc(CNc2cc(Br)ccc2Cl)cc1. The lowest BCUT2D eigenvalue weighted by atomic mass is 10.2. The van der Waals surface area contributed by atoms with E-state index < -0.39 is 0 Å². The molecule has 0 amide bonds. The first-order valence-corrected chi connectivity index (χ1v) is 7.90. The maximum Gasteiger partial charge on any atom is 0.0638 e. The van der Waals surface area contributed by atoms with E-state index in [-0.39, 0.29) is 0 Å². The van der Waals surface area contributed by atoms with Gasteiger partial charge < -0.3 is 5.32 Å². The van der Waals surface area contributed by atoms with Gasteiger partial charge in [-0.1, -0.05) is 39.7 Å². The zero-order valence-corrected chi connectivity index (χ0v) is 13.1. The van der Waals surface area contributed by atoms with Gasteiger partial charge in [-0.2, -0.15) is 0 Å². The zero-order chi connectivity index (χ0) is 13.0. The van der Waals surface area contributed by atoms with Crippen molar-refractivity contribution in [1.82, 2.24) is 0 Å². The van der Waals surface area contributed by atoms with Crippen LogP contribution in [0.25, 0.3) is 0 Å². The highest BCUT2D eigenvalue weighted by atomic mass is 79.9. The van der Waals surface area contributed by atoms with Crippen molar-refractivity contribution < 1.29 is 0 Å². The molecule has 0 heterocycles. The van der Waals surface area contributed by atoms with E-state index in [1.165, 1.54) is 10.5 Å². The van der Waals surface area contributed by atoms with Gasteiger partial charge in [0.2, 0.25) is 0 Å². The molecule has 0 atom stereocenters. The Kier molecular flexibility index (Phi) is 4.98. The minimum atomic E-state index is 0.735. The number of thioether (sulfide) groups is 1. The molecule has 0 unspecified atom stereocenters. The fourth-order valence-corrected chi connectivity index (χ4v) is 2.53. The molecule has 2 rings (SSSR count). The molecule has 0 aliphatic rings. The number of hydrogen-bond donors (Lipinski definition) is 1. The molecule has 0 aromatic heterocycles. The molecule has 2 aromatic rings. The Morgan fingerprint density at radius 3 is 2.56 bits per heavy atom. The molecule has 1 nitrogen and oxygen atoms in total. The number of hydrogen-bond acceptors (Lipinski definition) is 2. The van der Waals surface area contributed by atoms with Gasteiger partial charge in [-0.3, -0.25) is 0 Å². The van der Waals surface area contributed by atoms with Crippen molar-refractivity contribution in [3.8, 4) is 0 Å². The third-order valence-corrected chi connectivity index (χ3v) is 4.14. The summed E-state index contributed by atoms with van der Waals surface area (Å²) in [5, 5.41) is 4.07. The van der Waals surface area contributed by atoms with E-state index in [0.29, 0.717) is 0 Å². The Morgan fingerprint density at radius 2 is 1.89 bits per heavy atom. The number of nitrogens with one attached hydrogen (secondary N) is 1. The Bertz CT molecular complexity index is 528. The van der Waals surface area contributed by atoms with Gasteiger partial charge in [0.25, 0.3) is 0 Å². The van der Waals surface area contributed by atoms with Crippen LogP contribution in [0.1, 0.15) is 5.56 Å². The predicted molar refractivity (Wildman–Crippen MR) is 84.7 cm³/mol. The lowest BCUT2D eigenvalue weighted by molar-refractivity contribution is 1.14. The van der Waals surface area contributed by atoms with Crippen LogP contribution in [-0.2, 0) is 6.54 Å². The number of halogens is 2. The molecule has 94 valence electrons. The van der Waals surface area contributed by atoms with Gasteiger partial charge in [0.15, 0.2) is 0 Å².